The van der Waals surface area contributed by atoms with Gasteiger partial charge in [-0.05, 0) is 85.0 Å². The Balaban J connectivity index is 1.52. The van der Waals surface area contributed by atoms with Gasteiger partial charge in [0.2, 0.25) is 0 Å². The summed E-state index contributed by atoms with van der Waals surface area (Å²) in [6, 6.07) is 0. The zero-order valence-electron chi connectivity index (χ0n) is 15.0. The van der Waals surface area contributed by atoms with E-state index in [0.29, 0.717) is 40.9 Å². The van der Waals surface area contributed by atoms with E-state index < -0.39 is 0 Å². The first-order valence-electron chi connectivity index (χ1n) is 9.91. The van der Waals surface area contributed by atoms with Crippen molar-refractivity contribution in [1.29, 1.82) is 0 Å². The molecular weight excluding hydrogens is 300 g/mol. The lowest BCUT2D eigenvalue weighted by Gasteiger charge is -2.57. The fourth-order valence-corrected chi connectivity index (χ4v) is 8.05. The highest BCUT2D eigenvalue weighted by Crippen LogP contribution is 2.83. The molecule has 1 unspecified atom stereocenters. The van der Waals surface area contributed by atoms with Crippen LogP contribution in [0.1, 0.15) is 51.9 Å². The van der Waals surface area contributed by atoms with E-state index in [1.165, 1.54) is 31.3 Å². The lowest BCUT2D eigenvalue weighted by Crippen LogP contribution is -2.54. The second kappa shape index (κ2) is 4.94. The number of carbonyl (C=O) groups excluding carboxylic acids is 1. The van der Waals surface area contributed by atoms with Crippen LogP contribution in [0.4, 0.5) is 0 Å². The Hall–Kier alpha value is -0.670. The summed E-state index contributed by atoms with van der Waals surface area (Å²) in [4.78, 5) is 11.8. The van der Waals surface area contributed by atoms with Gasteiger partial charge in [-0.2, -0.15) is 0 Å². The largest absolute Gasteiger partial charge is 0.392 e. The monoisotopic (exact) mass is 330 g/mol. The predicted molar refractivity (Wildman–Crippen MR) is 91.3 cm³/mol. The molecule has 4 fully saturated rings. The van der Waals surface area contributed by atoms with Crippen LogP contribution in [0.15, 0.2) is 11.6 Å². The molecule has 3 nitrogen and oxygen atoms in total. The molecule has 1 N–H and O–H groups in total. The Morgan fingerprint density at radius 2 is 2.21 bits per heavy atom. The summed E-state index contributed by atoms with van der Waals surface area (Å²) in [7, 11) is 1.83. The van der Waals surface area contributed by atoms with Gasteiger partial charge in [-0.1, -0.05) is 12.5 Å². The minimum atomic E-state index is -0.241. The van der Waals surface area contributed by atoms with Gasteiger partial charge in [-0.15, -0.1) is 0 Å². The van der Waals surface area contributed by atoms with E-state index in [2.05, 4.69) is 6.92 Å². The lowest BCUT2D eigenvalue weighted by atomic mass is 9.48. The van der Waals surface area contributed by atoms with Crippen molar-refractivity contribution in [2.75, 3.05) is 13.7 Å². The number of ketones is 1. The molecule has 0 radical (unpaired) electrons. The van der Waals surface area contributed by atoms with E-state index in [1.807, 2.05) is 13.2 Å². The van der Waals surface area contributed by atoms with Crippen LogP contribution in [0, 0.1) is 40.4 Å². The van der Waals surface area contributed by atoms with Crippen LogP contribution in [0.25, 0.3) is 0 Å². The van der Waals surface area contributed by atoms with Crippen molar-refractivity contribution in [3.8, 4) is 0 Å². The maximum absolute atomic E-state index is 11.8. The second-order valence-electron chi connectivity index (χ2n) is 9.58. The fourth-order valence-electron chi connectivity index (χ4n) is 8.05. The summed E-state index contributed by atoms with van der Waals surface area (Å²) < 4.78 is 5.56. The van der Waals surface area contributed by atoms with Gasteiger partial charge in [-0.3, -0.25) is 4.79 Å². The molecule has 0 amide bonds. The van der Waals surface area contributed by atoms with E-state index in [-0.39, 0.29) is 11.9 Å². The number of hydrogen-bond donors (Lipinski definition) is 1. The van der Waals surface area contributed by atoms with Crippen LogP contribution in [0.5, 0.6) is 0 Å². The minimum Gasteiger partial charge on any atom is -0.392 e. The van der Waals surface area contributed by atoms with Crippen molar-refractivity contribution in [1.82, 2.24) is 0 Å². The highest BCUT2D eigenvalue weighted by atomic mass is 16.5. The van der Waals surface area contributed by atoms with Crippen LogP contribution in [0.3, 0.4) is 0 Å². The summed E-state index contributed by atoms with van der Waals surface area (Å²) in [6.07, 6.45) is 9.26. The molecule has 0 aromatic rings. The van der Waals surface area contributed by atoms with E-state index >= 15 is 0 Å². The Kier molecular flexibility index (Phi) is 3.21. The molecule has 0 aromatic heterocycles. The van der Waals surface area contributed by atoms with Gasteiger partial charge in [0.15, 0.2) is 5.78 Å². The van der Waals surface area contributed by atoms with Crippen LogP contribution in [-0.4, -0.2) is 30.7 Å². The summed E-state index contributed by atoms with van der Waals surface area (Å²) >= 11 is 0. The summed E-state index contributed by atoms with van der Waals surface area (Å²) in [5.74, 6) is 3.37. The Morgan fingerprint density at radius 1 is 1.38 bits per heavy atom. The first-order chi connectivity index (χ1) is 11.5. The smallest absolute Gasteiger partial charge is 0.155 e. The van der Waals surface area contributed by atoms with Crippen LogP contribution >= 0.6 is 0 Å². The van der Waals surface area contributed by atoms with Crippen molar-refractivity contribution >= 4 is 5.78 Å². The van der Waals surface area contributed by atoms with Gasteiger partial charge in [-0.25, -0.2) is 0 Å². The second-order valence-corrected chi connectivity index (χ2v) is 9.58. The van der Waals surface area contributed by atoms with Crippen LogP contribution in [-0.2, 0) is 9.53 Å². The Labute approximate surface area is 144 Å². The predicted octanol–water partition coefficient (Wildman–Crippen LogP) is 3.36. The van der Waals surface area contributed by atoms with E-state index in [0.717, 1.165) is 25.4 Å². The minimum absolute atomic E-state index is 0.241. The maximum Gasteiger partial charge on any atom is 0.155 e. The van der Waals surface area contributed by atoms with Gasteiger partial charge < -0.3 is 9.84 Å². The molecule has 0 aliphatic heterocycles. The highest BCUT2D eigenvalue weighted by Gasteiger charge is 2.78. The molecule has 4 saturated carbocycles. The number of ether oxygens (including phenoxy) is 1. The average molecular weight is 330 g/mol. The third kappa shape index (κ3) is 1.73. The van der Waals surface area contributed by atoms with Crippen molar-refractivity contribution in [2.24, 2.45) is 40.4 Å². The number of fused-ring (bicyclic) bond motifs is 3. The van der Waals surface area contributed by atoms with Crippen LogP contribution < -0.4 is 0 Å². The number of hydrogen-bond acceptors (Lipinski definition) is 3. The van der Waals surface area contributed by atoms with Crippen LogP contribution in [0.2, 0.25) is 0 Å². The number of carbonyl (C=O) groups is 1. The summed E-state index contributed by atoms with van der Waals surface area (Å²) in [5.41, 5.74) is 1.98. The van der Waals surface area contributed by atoms with Gasteiger partial charge >= 0.3 is 0 Å². The molecule has 5 aliphatic carbocycles. The topological polar surface area (TPSA) is 46.5 Å². The molecule has 132 valence electrons. The molecule has 3 heteroatoms. The average Bonchev–Trinajstić information content (AvgIpc) is 3.19. The molecule has 24 heavy (non-hydrogen) atoms. The van der Waals surface area contributed by atoms with Crippen molar-refractivity contribution < 1.29 is 14.6 Å². The van der Waals surface area contributed by atoms with E-state index in [4.69, 9.17) is 4.74 Å². The third-order valence-corrected chi connectivity index (χ3v) is 9.01. The zero-order valence-corrected chi connectivity index (χ0v) is 15.0. The Bertz CT molecular complexity index is 610. The van der Waals surface area contributed by atoms with E-state index in [1.54, 1.807) is 0 Å². The number of aliphatic hydroxyl groups is 1. The molecule has 5 aliphatic rings. The van der Waals surface area contributed by atoms with Gasteiger partial charge in [0.1, 0.15) is 0 Å². The summed E-state index contributed by atoms with van der Waals surface area (Å²) in [6.45, 7) is 3.38. The van der Waals surface area contributed by atoms with Crippen molar-refractivity contribution in [2.45, 2.75) is 58.0 Å². The van der Waals surface area contributed by atoms with Gasteiger partial charge in [0, 0.05) is 20.1 Å². The molecule has 1 spiro atoms. The Morgan fingerprint density at radius 3 is 3.00 bits per heavy atom. The highest BCUT2D eigenvalue weighted by molar-refractivity contribution is 5.91. The van der Waals surface area contributed by atoms with Gasteiger partial charge in [0.25, 0.3) is 0 Å². The van der Waals surface area contributed by atoms with E-state index in [9.17, 15) is 9.90 Å². The van der Waals surface area contributed by atoms with Gasteiger partial charge in [0.05, 0.1) is 6.10 Å². The normalized spacial score (nSPS) is 55.1. The SMILES string of the molecule is COC[C@H]1C[C@@H]2C[C@]23[C@@H]2C(O)CC4=CC(=O)CC[C@@H]4[C@H]2CC[C@]13C. The zero-order chi connectivity index (χ0) is 16.7. The molecule has 5 rings (SSSR count). The third-order valence-electron chi connectivity index (χ3n) is 9.01. The number of methoxy groups -OCH3 is 1. The van der Waals surface area contributed by atoms with Crippen molar-refractivity contribution in [3.05, 3.63) is 11.6 Å². The first-order valence-corrected chi connectivity index (χ1v) is 9.91. The first kappa shape index (κ1) is 15.6. The molecule has 0 bridgehead atoms. The summed E-state index contributed by atoms with van der Waals surface area (Å²) in [5, 5.41) is 11.1. The lowest BCUT2D eigenvalue weighted by molar-refractivity contribution is -0.123. The van der Waals surface area contributed by atoms with Crippen molar-refractivity contribution in [3.63, 3.8) is 0 Å². The molecular formula is C21H30O3. The molecule has 0 heterocycles. The fraction of sp³-hybridized carbons (Fsp3) is 0.857. The molecule has 0 saturated heterocycles. The number of aliphatic hydroxyl groups excluding tert-OH is 1. The quantitative estimate of drug-likeness (QED) is 0.844. The molecule has 8 atom stereocenters. The standard InChI is InChI=1S/C21H30O3/c1-20-6-5-17-16-4-3-15(22)7-12(16)8-18(23)19(17)21(20)10-13(21)9-14(20)11-24-2/h7,13-14,16-19,23H,3-6,8-11H2,1-2H3/t13-,14-,16+,17-,18?,19+,20-,21-/m1/s1. The number of rotatable bonds is 2. The maximum atomic E-state index is 11.8. The molecule has 0 aromatic carbocycles.